The Labute approximate surface area is 247 Å². The third kappa shape index (κ3) is 6.73. The summed E-state index contributed by atoms with van der Waals surface area (Å²) in [5.74, 6) is -1.15. The zero-order chi connectivity index (χ0) is 30.9. The van der Waals surface area contributed by atoms with E-state index in [1.807, 2.05) is 6.92 Å². The lowest BCUT2D eigenvalue weighted by atomic mass is 9.92. The van der Waals surface area contributed by atoms with Gasteiger partial charge in [-0.25, -0.2) is 18.6 Å². The number of aromatic nitrogens is 3. The molecule has 226 valence electrons. The van der Waals surface area contributed by atoms with Gasteiger partial charge in [-0.3, -0.25) is 4.79 Å². The van der Waals surface area contributed by atoms with E-state index in [-0.39, 0.29) is 41.3 Å². The number of likely N-dealkylation sites (tertiary alicyclic amines) is 1. The average molecular weight is 594 g/mol. The number of oxazole rings is 1. The number of rotatable bonds is 7. The fourth-order valence-electron chi connectivity index (χ4n) is 5.05. The molecule has 2 aromatic heterocycles. The van der Waals surface area contributed by atoms with Gasteiger partial charge < -0.3 is 23.8 Å². The molecule has 43 heavy (non-hydrogen) atoms. The smallest absolute Gasteiger partial charge is 0.408 e. The molecule has 5 rings (SSSR count). The lowest BCUT2D eigenvalue weighted by molar-refractivity contribution is 0.0443. The maximum absolute atomic E-state index is 15.1. The number of aryl methyl sites for hydroxylation is 1. The Balaban J connectivity index is 1.44. The zero-order valence-electron chi connectivity index (χ0n) is 24.6. The predicted molar refractivity (Wildman–Crippen MR) is 151 cm³/mol. The summed E-state index contributed by atoms with van der Waals surface area (Å²) in [4.78, 5) is 32.4. The van der Waals surface area contributed by atoms with Crippen LogP contribution < -0.4 is 5.32 Å². The highest BCUT2D eigenvalue weighted by Gasteiger charge is 2.38. The van der Waals surface area contributed by atoms with Crippen LogP contribution in [0.5, 0.6) is 0 Å². The quantitative estimate of drug-likeness (QED) is 0.266. The van der Waals surface area contributed by atoms with E-state index in [0.717, 1.165) is 12.1 Å². The van der Waals surface area contributed by atoms with Crippen LogP contribution in [0.2, 0.25) is 0 Å². The van der Waals surface area contributed by atoms with Crippen molar-refractivity contribution in [3.05, 3.63) is 89.0 Å². The third-order valence-corrected chi connectivity index (χ3v) is 7.02. The van der Waals surface area contributed by atoms with E-state index in [4.69, 9.17) is 13.6 Å². The van der Waals surface area contributed by atoms with Crippen molar-refractivity contribution in [3.63, 3.8) is 0 Å². The summed E-state index contributed by atoms with van der Waals surface area (Å²) in [7, 11) is 0. The van der Waals surface area contributed by atoms with Crippen LogP contribution in [0.3, 0.4) is 0 Å². The lowest BCUT2D eigenvalue weighted by Gasteiger charge is -2.29. The van der Waals surface area contributed by atoms with Crippen LogP contribution in [0.25, 0.3) is 11.5 Å². The summed E-state index contributed by atoms with van der Waals surface area (Å²) in [5.41, 5.74) is -0.553. The van der Waals surface area contributed by atoms with Gasteiger partial charge in [0, 0.05) is 18.5 Å². The van der Waals surface area contributed by atoms with E-state index in [9.17, 15) is 14.0 Å². The van der Waals surface area contributed by atoms with Crippen molar-refractivity contribution in [2.45, 2.75) is 71.1 Å². The standard InChI is InChI=1S/C31H33F2N5O5/c1-18-17-41-26(34-18)24-7-6-14-38(24)27(39)20-10-13-23(33)22(15-20)25-36-37-28(42-25)31(5,35-29(40)43-30(2,3)4)16-19-8-11-21(32)12-9-19/h8-13,15,17,24H,6-7,14,16H2,1-5H3,(H,35,40). The number of alkyl carbamates (subject to hydrolysis) is 1. The number of carbonyl (C=O) groups is 2. The van der Waals surface area contributed by atoms with Crippen molar-refractivity contribution in [3.8, 4) is 11.5 Å². The van der Waals surface area contributed by atoms with E-state index in [1.54, 1.807) is 51.0 Å². The molecule has 3 heterocycles. The summed E-state index contributed by atoms with van der Waals surface area (Å²) in [6, 6.07) is 9.35. The van der Waals surface area contributed by atoms with Crippen molar-refractivity contribution in [2.24, 2.45) is 0 Å². The number of hydrogen-bond acceptors (Lipinski definition) is 8. The summed E-state index contributed by atoms with van der Waals surface area (Å²) in [6.45, 7) is 9.13. The van der Waals surface area contributed by atoms with E-state index < -0.39 is 28.9 Å². The maximum Gasteiger partial charge on any atom is 0.408 e. The largest absolute Gasteiger partial charge is 0.446 e. The first-order chi connectivity index (χ1) is 20.3. The zero-order valence-corrected chi connectivity index (χ0v) is 24.6. The number of hydrogen-bond donors (Lipinski definition) is 1. The molecule has 2 unspecified atom stereocenters. The SMILES string of the molecule is Cc1coc(C2CCCN2C(=O)c2ccc(F)c(-c3nnc(C(C)(Cc4ccc(F)cc4)NC(=O)OC(C)(C)C)o3)c2)n1. The number of halogens is 2. The molecule has 0 radical (unpaired) electrons. The summed E-state index contributed by atoms with van der Waals surface area (Å²) in [6.07, 6.45) is 2.41. The molecule has 2 atom stereocenters. The molecule has 4 aromatic rings. The van der Waals surface area contributed by atoms with Gasteiger partial charge in [0.2, 0.25) is 11.8 Å². The molecule has 1 fully saturated rings. The van der Waals surface area contributed by atoms with Crippen molar-refractivity contribution in [2.75, 3.05) is 6.54 Å². The summed E-state index contributed by atoms with van der Waals surface area (Å²) in [5, 5.41) is 11.0. The molecule has 1 aliphatic rings. The van der Waals surface area contributed by atoms with Crippen LogP contribution in [0.4, 0.5) is 13.6 Å². The van der Waals surface area contributed by atoms with E-state index >= 15 is 4.39 Å². The normalized spacial score (nSPS) is 16.6. The summed E-state index contributed by atoms with van der Waals surface area (Å²) >= 11 is 0. The van der Waals surface area contributed by atoms with Gasteiger partial charge in [0.25, 0.3) is 11.8 Å². The van der Waals surface area contributed by atoms with Crippen LogP contribution in [0.1, 0.15) is 80.0 Å². The minimum atomic E-state index is -1.31. The van der Waals surface area contributed by atoms with Crippen molar-refractivity contribution >= 4 is 12.0 Å². The molecule has 1 N–H and O–H groups in total. The van der Waals surface area contributed by atoms with Gasteiger partial charge in [0.15, 0.2) is 0 Å². The highest BCUT2D eigenvalue weighted by molar-refractivity contribution is 5.95. The molecular weight excluding hydrogens is 560 g/mol. The van der Waals surface area contributed by atoms with Crippen LogP contribution >= 0.6 is 0 Å². The number of nitrogens with zero attached hydrogens (tertiary/aromatic N) is 4. The molecule has 2 aromatic carbocycles. The number of ether oxygens (including phenoxy) is 1. The fourth-order valence-corrected chi connectivity index (χ4v) is 5.05. The van der Waals surface area contributed by atoms with Crippen LogP contribution in [-0.2, 0) is 16.7 Å². The van der Waals surface area contributed by atoms with Gasteiger partial charge in [0.1, 0.15) is 35.1 Å². The molecule has 10 nitrogen and oxygen atoms in total. The van der Waals surface area contributed by atoms with Gasteiger partial charge in [-0.2, -0.15) is 0 Å². The molecule has 0 aliphatic carbocycles. The Hall–Kier alpha value is -4.61. The van der Waals surface area contributed by atoms with E-state index in [1.165, 1.54) is 30.3 Å². The third-order valence-electron chi connectivity index (χ3n) is 7.02. The molecule has 0 saturated carbocycles. The number of amides is 2. The lowest BCUT2D eigenvalue weighted by Crippen LogP contribution is -2.47. The average Bonchev–Trinajstić information content (AvgIpc) is 3.70. The molecule has 2 amide bonds. The Morgan fingerprint density at radius 3 is 2.51 bits per heavy atom. The van der Waals surface area contributed by atoms with Crippen LogP contribution in [-0.4, -0.2) is 44.2 Å². The first-order valence-corrected chi connectivity index (χ1v) is 13.9. The van der Waals surface area contributed by atoms with Gasteiger partial charge >= 0.3 is 6.09 Å². The Morgan fingerprint density at radius 2 is 1.84 bits per heavy atom. The minimum absolute atomic E-state index is 0.0346. The van der Waals surface area contributed by atoms with Gasteiger partial charge in [-0.1, -0.05) is 12.1 Å². The number of carbonyl (C=O) groups excluding carboxylic acids is 2. The van der Waals surface area contributed by atoms with Crippen LogP contribution in [0, 0.1) is 18.6 Å². The topological polar surface area (TPSA) is 124 Å². The highest BCUT2D eigenvalue weighted by Crippen LogP contribution is 2.34. The van der Waals surface area contributed by atoms with Gasteiger partial charge in [-0.05, 0) is 83.4 Å². The van der Waals surface area contributed by atoms with Crippen molar-refractivity contribution in [1.29, 1.82) is 0 Å². The Morgan fingerprint density at radius 1 is 1.09 bits per heavy atom. The summed E-state index contributed by atoms with van der Waals surface area (Å²) < 4.78 is 45.6. The van der Waals surface area contributed by atoms with Crippen LogP contribution in [0.15, 0.2) is 57.6 Å². The second-order valence-electron chi connectivity index (χ2n) is 11.9. The second kappa shape index (κ2) is 11.6. The highest BCUT2D eigenvalue weighted by atomic mass is 19.1. The fraction of sp³-hybridized carbons (Fsp3) is 0.387. The van der Waals surface area contributed by atoms with Crippen molar-refractivity contribution < 1.29 is 31.9 Å². The molecule has 1 aliphatic heterocycles. The number of nitrogens with one attached hydrogen (secondary N) is 1. The first-order valence-electron chi connectivity index (χ1n) is 13.9. The number of benzene rings is 2. The van der Waals surface area contributed by atoms with Gasteiger partial charge in [0.05, 0.1) is 11.3 Å². The molecule has 0 spiro atoms. The van der Waals surface area contributed by atoms with Crippen molar-refractivity contribution in [1.82, 2.24) is 25.4 Å². The van der Waals surface area contributed by atoms with E-state index in [0.29, 0.717) is 24.4 Å². The van der Waals surface area contributed by atoms with Gasteiger partial charge in [-0.15, -0.1) is 10.2 Å². The Bertz CT molecular complexity index is 1630. The van der Waals surface area contributed by atoms with E-state index in [2.05, 4.69) is 20.5 Å². The molecule has 1 saturated heterocycles. The minimum Gasteiger partial charge on any atom is -0.446 e. The molecule has 12 heteroatoms. The Kier molecular flexibility index (Phi) is 8.04. The monoisotopic (exact) mass is 593 g/mol. The molecular formula is C31H33F2N5O5. The molecule has 0 bridgehead atoms. The first kappa shape index (κ1) is 29.9. The maximum atomic E-state index is 15.1. The second-order valence-corrected chi connectivity index (χ2v) is 11.9. The predicted octanol–water partition coefficient (Wildman–Crippen LogP) is 6.27.